The second kappa shape index (κ2) is 3.70. The van der Waals surface area contributed by atoms with E-state index in [4.69, 9.17) is 0 Å². The van der Waals surface area contributed by atoms with E-state index in [2.05, 4.69) is 30.3 Å². The van der Waals surface area contributed by atoms with E-state index in [0.29, 0.717) is 5.92 Å². The van der Waals surface area contributed by atoms with Gasteiger partial charge in [-0.2, -0.15) is 0 Å². The number of hydrogen-bond donors (Lipinski definition) is 0. The molecule has 0 unspecified atom stereocenters. The molecule has 2 heteroatoms. The first kappa shape index (κ1) is 10.8. The highest BCUT2D eigenvalue weighted by Gasteiger charge is 2.44. The smallest absolute Gasteiger partial charge is 0.234 e. The summed E-state index contributed by atoms with van der Waals surface area (Å²) < 4.78 is 0. The summed E-state index contributed by atoms with van der Waals surface area (Å²) in [6, 6.07) is 16.7. The molecule has 2 nitrogen and oxygen atoms in total. The summed E-state index contributed by atoms with van der Waals surface area (Å²) in [7, 11) is 1.89. The molecule has 2 atom stereocenters. The predicted octanol–water partition coefficient (Wildman–Crippen LogP) is 3.09. The third-order valence-electron chi connectivity index (χ3n) is 4.53. The highest BCUT2D eigenvalue weighted by atomic mass is 16.2. The average molecular weight is 249 g/mol. The Labute approximate surface area is 112 Å². The third-order valence-corrected chi connectivity index (χ3v) is 4.53. The number of para-hydroxylation sites is 1. The van der Waals surface area contributed by atoms with Gasteiger partial charge in [-0.25, -0.2) is 0 Å². The molecular formula is C17H15NO. The quantitative estimate of drug-likeness (QED) is 0.702. The van der Waals surface area contributed by atoms with Crippen LogP contribution in [0.1, 0.15) is 28.5 Å². The molecule has 1 amide bonds. The van der Waals surface area contributed by atoms with Gasteiger partial charge in [-0.05, 0) is 29.2 Å². The van der Waals surface area contributed by atoms with Gasteiger partial charge in [0.2, 0.25) is 5.91 Å². The van der Waals surface area contributed by atoms with Crippen LogP contribution in [0, 0.1) is 0 Å². The van der Waals surface area contributed by atoms with E-state index < -0.39 is 0 Å². The highest BCUT2D eigenvalue weighted by Crippen LogP contribution is 2.50. The van der Waals surface area contributed by atoms with Gasteiger partial charge in [-0.15, -0.1) is 0 Å². The van der Waals surface area contributed by atoms with Crippen molar-refractivity contribution >= 4 is 11.6 Å². The Bertz CT molecular complexity index is 676. The van der Waals surface area contributed by atoms with Gasteiger partial charge in [-0.1, -0.05) is 42.5 Å². The lowest BCUT2D eigenvalue weighted by Crippen LogP contribution is -2.38. The highest BCUT2D eigenvalue weighted by molar-refractivity contribution is 6.02. The second-order valence-electron chi connectivity index (χ2n) is 5.44. The molecule has 0 saturated carbocycles. The van der Waals surface area contributed by atoms with Crippen LogP contribution in [-0.4, -0.2) is 13.0 Å². The summed E-state index contributed by atoms with van der Waals surface area (Å²) in [6.45, 7) is 0. The van der Waals surface area contributed by atoms with Crippen molar-refractivity contribution in [3.8, 4) is 0 Å². The van der Waals surface area contributed by atoms with Crippen LogP contribution in [0.2, 0.25) is 0 Å². The van der Waals surface area contributed by atoms with Crippen LogP contribution in [0.4, 0.5) is 5.69 Å². The molecule has 0 spiro atoms. The minimum Gasteiger partial charge on any atom is -0.315 e. The Kier molecular flexibility index (Phi) is 2.10. The summed E-state index contributed by atoms with van der Waals surface area (Å²) in [6.07, 6.45) is 0.984. The van der Waals surface area contributed by atoms with Crippen molar-refractivity contribution < 1.29 is 4.79 Å². The van der Waals surface area contributed by atoms with Crippen molar-refractivity contribution in [3.63, 3.8) is 0 Å². The summed E-state index contributed by atoms with van der Waals surface area (Å²) in [5, 5.41) is 0. The van der Waals surface area contributed by atoms with E-state index in [1.165, 1.54) is 16.7 Å². The van der Waals surface area contributed by atoms with Crippen LogP contribution < -0.4 is 4.90 Å². The Hall–Kier alpha value is -2.09. The minimum absolute atomic E-state index is 0.0103. The standard InChI is InChI=1S/C17H15NO/c1-18-15-9-5-4-8-13(15)14-10-11-6-2-3-7-12(11)16(14)17(18)19/h2-9,14,16H,10H2,1H3/t14-,16+/m1/s1. The molecule has 1 heterocycles. The fraction of sp³-hybridized carbons (Fsp3) is 0.235. The number of fused-ring (bicyclic) bond motifs is 5. The lowest BCUT2D eigenvalue weighted by molar-refractivity contribution is -0.120. The molecule has 2 aliphatic rings. The molecule has 4 rings (SSSR count). The van der Waals surface area contributed by atoms with Crippen molar-refractivity contribution in [2.45, 2.75) is 18.3 Å². The molecular weight excluding hydrogens is 234 g/mol. The largest absolute Gasteiger partial charge is 0.315 e. The molecule has 0 bridgehead atoms. The predicted molar refractivity (Wildman–Crippen MR) is 75.5 cm³/mol. The first-order chi connectivity index (χ1) is 9.27. The molecule has 2 aromatic carbocycles. The van der Waals surface area contributed by atoms with Crippen LogP contribution in [-0.2, 0) is 11.2 Å². The Morgan fingerprint density at radius 1 is 1.00 bits per heavy atom. The van der Waals surface area contributed by atoms with E-state index in [0.717, 1.165) is 12.1 Å². The summed E-state index contributed by atoms with van der Waals surface area (Å²) in [4.78, 5) is 14.5. The molecule has 0 N–H and O–H groups in total. The number of rotatable bonds is 0. The molecule has 94 valence electrons. The van der Waals surface area contributed by atoms with Crippen LogP contribution in [0.5, 0.6) is 0 Å². The van der Waals surface area contributed by atoms with Gasteiger partial charge >= 0.3 is 0 Å². The molecule has 19 heavy (non-hydrogen) atoms. The van der Waals surface area contributed by atoms with Crippen molar-refractivity contribution in [2.24, 2.45) is 0 Å². The number of hydrogen-bond acceptors (Lipinski definition) is 1. The van der Waals surface area contributed by atoms with Crippen molar-refractivity contribution in [3.05, 3.63) is 65.2 Å². The van der Waals surface area contributed by atoms with Gasteiger partial charge in [-0.3, -0.25) is 4.79 Å². The number of carbonyl (C=O) groups excluding carboxylic acids is 1. The maximum Gasteiger partial charge on any atom is 0.234 e. The normalized spacial score (nSPS) is 23.8. The van der Waals surface area contributed by atoms with Crippen molar-refractivity contribution in [1.82, 2.24) is 0 Å². The molecule has 1 aliphatic heterocycles. The van der Waals surface area contributed by atoms with Gasteiger partial charge in [0.05, 0.1) is 5.92 Å². The van der Waals surface area contributed by atoms with E-state index in [1.807, 2.05) is 30.1 Å². The average Bonchev–Trinajstić information content (AvgIpc) is 2.84. The molecule has 2 aromatic rings. The van der Waals surface area contributed by atoms with E-state index in [1.54, 1.807) is 0 Å². The number of amides is 1. The fourth-order valence-electron chi connectivity index (χ4n) is 3.62. The van der Waals surface area contributed by atoms with Crippen LogP contribution in [0.15, 0.2) is 48.5 Å². The van der Waals surface area contributed by atoms with Gasteiger partial charge in [0.1, 0.15) is 0 Å². The molecule has 0 saturated heterocycles. The zero-order chi connectivity index (χ0) is 13.0. The molecule has 1 aliphatic carbocycles. The summed E-state index contributed by atoms with van der Waals surface area (Å²) in [5.74, 6) is 0.557. The van der Waals surface area contributed by atoms with E-state index in [9.17, 15) is 4.79 Å². The Balaban J connectivity index is 1.94. The first-order valence-electron chi connectivity index (χ1n) is 6.71. The van der Waals surface area contributed by atoms with Gasteiger partial charge in [0.25, 0.3) is 0 Å². The number of anilines is 1. The number of benzene rings is 2. The number of carbonyl (C=O) groups is 1. The Morgan fingerprint density at radius 2 is 1.68 bits per heavy atom. The lowest BCUT2D eigenvalue weighted by Gasteiger charge is -2.34. The minimum atomic E-state index is 0.0103. The second-order valence-corrected chi connectivity index (χ2v) is 5.44. The third kappa shape index (κ3) is 1.34. The van der Waals surface area contributed by atoms with Crippen LogP contribution in [0.25, 0.3) is 0 Å². The topological polar surface area (TPSA) is 20.3 Å². The number of likely N-dealkylation sites (N-methyl/N-ethyl adjacent to an activating group) is 1. The number of nitrogens with zero attached hydrogens (tertiary/aromatic N) is 1. The van der Waals surface area contributed by atoms with Crippen molar-refractivity contribution in [2.75, 3.05) is 11.9 Å². The van der Waals surface area contributed by atoms with Gasteiger partial charge in [0, 0.05) is 18.7 Å². The lowest BCUT2D eigenvalue weighted by atomic mass is 9.81. The van der Waals surface area contributed by atoms with E-state index in [-0.39, 0.29) is 11.8 Å². The SMILES string of the molecule is CN1C(=O)[C@H]2c3ccccc3C[C@@H]2c2ccccc21. The van der Waals surface area contributed by atoms with Gasteiger partial charge in [0.15, 0.2) is 0 Å². The fourth-order valence-corrected chi connectivity index (χ4v) is 3.62. The van der Waals surface area contributed by atoms with Crippen LogP contribution >= 0.6 is 0 Å². The molecule has 0 aromatic heterocycles. The van der Waals surface area contributed by atoms with Crippen molar-refractivity contribution in [1.29, 1.82) is 0 Å². The molecule has 0 fully saturated rings. The zero-order valence-electron chi connectivity index (χ0n) is 10.8. The first-order valence-corrected chi connectivity index (χ1v) is 6.71. The zero-order valence-corrected chi connectivity index (χ0v) is 10.8. The summed E-state index contributed by atoms with van der Waals surface area (Å²) >= 11 is 0. The maximum absolute atomic E-state index is 12.7. The van der Waals surface area contributed by atoms with E-state index >= 15 is 0 Å². The monoisotopic (exact) mass is 249 g/mol. The molecule has 0 radical (unpaired) electrons. The Morgan fingerprint density at radius 3 is 2.53 bits per heavy atom. The summed E-state index contributed by atoms with van der Waals surface area (Å²) in [5.41, 5.74) is 4.93. The maximum atomic E-state index is 12.7. The van der Waals surface area contributed by atoms with Crippen LogP contribution in [0.3, 0.4) is 0 Å². The van der Waals surface area contributed by atoms with Gasteiger partial charge < -0.3 is 4.90 Å².